The molecule has 1 aliphatic rings. The lowest BCUT2D eigenvalue weighted by molar-refractivity contribution is -0.139. The number of benzene rings is 1. The number of halogens is 1. The summed E-state index contributed by atoms with van der Waals surface area (Å²) in [4.78, 5) is 24.2. The molecule has 1 saturated heterocycles. The summed E-state index contributed by atoms with van der Waals surface area (Å²) >= 11 is 5.97. The quantitative estimate of drug-likeness (QED) is 0.913. The molecule has 1 aliphatic heterocycles. The molecule has 0 atom stereocenters. The number of amides is 1. The fourth-order valence-corrected chi connectivity index (χ4v) is 2.20. The fraction of sp³-hybridized carbons (Fsp3) is 0.385. The minimum atomic E-state index is -0.814. The van der Waals surface area contributed by atoms with Crippen molar-refractivity contribution < 1.29 is 14.7 Å². The summed E-state index contributed by atoms with van der Waals surface area (Å²) in [5, 5.41) is 9.21. The molecule has 0 aromatic heterocycles. The number of carbonyl (C=O) groups excluding carboxylic acids is 1. The lowest BCUT2D eigenvalue weighted by Crippen LogP contribution is -2.50. The van der Waals surface area contributed by atoms with Crippen LogP contribution < -0.4 is 0 Å². The Morgan fingerprint density at radius 1 is 1.44 bits per heavy atom. The zero-order valence-corrected chi connectivity index (χ0v) is 10.8. The van der Waals surface area contributed by atoms with Gasteiger partial charge in [0.2, 0.25) is 0 Å². The Balaban J connectivity index is 1.97. The van der Waals surface area contributed by atoms with E-state index in [2.05, 4.69) is 0 Å². The van der Waals surface area contributed by atoms with Crippen molar-refractivity contribution in [1.82, 2.24) is 4.90 Å². The van der Waals surface area contributed by atoms with Crippen LogP contribution in [0.5, 0.6) is 0 Å². The molecule has 0 aliphatic carbocycles. The molecular weight excluding hydrogens is 254 g/mol. The summed E-state index contributed by atoms with van der Waals surface area (Å²) in [6, 6.07) is 5.21. The Hall–Kier alpha value is -1.55. The van der Waals surface area contributed by atoms with Gasteiger partial charge in [0, 0.05) is 29.6 Å². The largest absolute Gasteiger partial charge is 0.481 e. The van der Waals surface area contributed by atoms with Gasteiger partial charge in [0.15, 0.2) is 0 Å². The van der Waals surface area contributed by atoms with Crippen LogP contribution in [0.2, 0.25) is 5.02 Å². The molecule has 1 N–H and O–H groups in total. The lowest BCUT2D eigenvalue weighted by atomic mass is 9.95. The minimum absolute atomic E-state index is 0.0763. The maximum atomic E-state index is 12.0. The second-order valence-corrected chi connectivity index (χ2v) is 5.05. The molecule has 18 heavy (non-hydrogen) atoms. The molecule has 96 valence electrons. The highest BCUT2D eigenvalue weighted by atomic mass is 35.5. The van der Waals surface area contributed by atoms with E-state index in [0.29, 0.717) is 23.7 Å². The van der Waals surface area contributed by atoms with Gasteiger partial charge in [-0.3, -0.25) is 9.59 Å². The van der Waals surface area contributed by atoms with Gasteiger partial charge in [0.25, 0.3) is 5.91 Å². The van der Waals surface area contributed by atoms with Crippen LogP contribution in [-0.4, -0.2) is 35.0 Å². The van der Waals surface area contributed by atoms with E-state index in [0.717, 1.165) is 5.56 Å². The molecular formula is C13H14ClNO3. The molecule has 1 heterocycles. The Morgan fingerprint density at radius 3 is 2.67 bits per heavy atom. The van der Waals surface area contributed by atoms with Crippen LogP contribution in [0.3, 0.4) is 0 Å². The van der Waals surface area contributed by atoms with E-state index in [1.807, 2.05) is 13.0 Å². The summed E-state index contributed by atoms with van der Waals surface area (Å²) in [5.74, 6) is -0.823. The summed E-state index contributed by atoms with van der Waals surface area (Å²) in [6.07, 6.45) is 0.123. The number of rotatable bonds is 3. The van der Waals surface area contributed by atoms with Crippen LogP contribution in [0.25, 0.3) is 0 Å². The lowest BCUT2D eigenvalue weighted by Gasteiger charge is -2.38. The highest BCUT2D eigenvalue weighted by Gasteiger charge is 2.32. The first-order chi connectivity index (χ1) is 8.47. The van der Waals surface area contributed by atoms with Crippen LogP contribution in [0.15, 0.2) is 18.2 Å². The Labute approximate surface area is 110 Å². The fourth-order valence-electron chi connectivity index (χ4n) is 2.02. The van der Waals surface area contributed by atoms with Crippen LogP contribution in [0, 0.1) is 12.8 Å². The van der Waals surface area contributed by atoms with Crippen molar-refractivity contribution in [2.24, 2.45) is 5.92 Å². The molecule has 5 heteroatoms. The molecule has 0 spiro atoms. The van der Waals surface area contributed by atoms with E-state index in [4.69, 9.17) is 16.7 Å². The number of aryl methyl sites for hydroxylation is 1. The van der Waals surface area contributed by atoms with Crippen molar-refractivity contribution in [3.8, 4) is 0 Å². The second kappa shape index (κ2) is 4.98. The van der Waals surface area contributed by atoms with E-state index in [-0.39, 0.29) is 18.2 Å². The molecule has 0 saturated carbocycles. The number of likely N-dealkylation sites (tertiary alicyclic amines) is 1. The number of hydrogen-bond donors (Lipinski definition) is 1. The van der Waals surface area contributed by atoms with Crippen LogP contribution in [-0.2, 0) is 4.79 Å². The van der Waals surface area contributed by atoms with Crippen molar-refractivity contribution in [1.29, 1.82) is 0 Å². The van der Waals surface area contributed by atoms with Gasteiger partial charge in [-0.1, -0.05) is 17.7 Å². The topological polar surface area (TPSA) is 57.6 Å². The predicted octanol–water partition coefficient (Wildman–Crippen LogP) is 2.20. The maximum Gasteiger partial charge on any atom is 0.303 e. The van der Waals surface area contributed by atoms with E-state index < -0.39 is 5.97 Å². The smallest absolute Gasteiger partial charge is 0.303 e. The molecule has 0 bridgehead atoms. The van der Waals surface area contributed by atoms with Gasteiger partial charge in [-0.15, -0.1) is 0 Å². The van der Waals surface area contributed by atoms with Crippen LogP contribution in [0.4, 0.5) is 0 Å². The van der Waals surface area contributed by atoms with Gasteiger partial charge in [-0.25, -0.2) is 0 Å². The van der Waals surface area contributed by atoms with Gasteiger partial charge >= 0.3 is 5.97 Å². The number of carbonyl (C=O) groups is 2. The Kier molecular flexibility index (Phi) is 3.57. The second-order valence-electron chi connectivity index (χ2n) is 4.64. The van der Waals surface area contributed by atoms with Crippen molar-refractivity contribution in [3.63, 3.8) is 0 Å². The zero-order valence-electron chi connectivity index (χ0n) is 10.0. The Bertz CT molecular complexity index is 495. The average molecular weight is 268 g/mol. The number of aliphatic carboxylic acids is 1. The number of carboxylic acid groups (broad SMARTS) is 1. The summed E-state index contributed by atoms with van der Waals surface area (Å²) < 4.78 is 0. The van der Waals surface area contributed by atoms with Gasteiger partial charge in [0.1, 0.15) is 0 Å². The predicted molar refractivity (Wildman–Crippen MR) is 67.8 cm³/mol. The molecule has 0 radical (unpaired) electrons. The maximum absolute atomic E-state index is 12.0. The number of carboxylic acids is 1. The molecule has 0 unspecified atom stereocenters. The third-order valence-electron chi connectivity index (χ3n) is 3.13. The van der Waals surface area contributed by atoms with E-state index in [1.54, 1.807) is 17.0 Å². The van der Waals surface area contributed by atoms with E-state index in [1.165, 1.54) is 0 Å². The third-order valence-corrected chi connectivity index (χ3v) is 3.53. The van der Waals surface area contributed by atoms with Crippen molar-refractivity contribution >= 4 is 23.5 Å². The van der Waals surface area contributed by atoms with Crippen LogP contribution >= 0.6 is 11.6 Å². The van der Waals surface area contributed by atoms with Crippen molar-refractivity contribution in [2.45, 2.75) is 13.3 Å². The highest BCUT2D eigenvalue weighted by Crippen LogP contribution is 2.23. The standard InChI is InChI=1S/C13H14ClNO3/c1-8-2-3-10(5-11(8)14)13(18)15-6-9(7-15)4-12(16)17/h2-3,5,9H,4,6-7H2,1H3,(H,16,17). The molecule has 1 aromatic rings. The highest BCUT2D eigenvalue weighted by molar-refractivity contribution is 6.31. The zero-order chi connectivity index (χ0) is 13.3. The molecule has 1 aromatic carbocycles. The number of nitrogens with zero attached hydrogens (tertiary/aromatic N) is 1. The normalized spacial score (nSPS) is 15.3. The first-order valence-electron chi connectivity index (χ1n) is 5.74. The number of hydrogen-bond acceptors (Lipinski definition) is 2. The monoisotopic (exact) mass is 267 g/mol. The van der Waals surface area contributed by atoms with Crippen molar-refractivity contribution in [3.05, 3.63) is 34.3 Å². The summed E-state index contributed by atoms with van der Waals surface area (Å²) in [5.41, 5.74) is 1.49. The summed E-state index contributed by atoms with van der Waals surface area (Å²) in [6.45, 7) is 2.90. The molecule has 2 rings (SSSR count). The first kappa shape index (κ1) is 12.9. The Morgan fingerprint density at radius 2 is 2.11 bits per heavy atom. The minimum Gasteiger partial charge on any atom is -0.481 e. The van der Waals surface area contributed by atoms with Gasteiger partial charge in [-0.2, -0.15) is 0 Å². The first-order valence-corrected chi connectivity index (χ1v) is 6.12. The average Bonchev–Trinajstić information content (AvgIpc) is 2.25. The van der Waals surface area contributed by atoms with Gasteiger partial charge < -0.3 is 10.0 Å². The van der Waals surface area contributed by atoms with E-state index in [9.17, 15) is 9.59 Å². The molecule has 4 nitrogen and oxygen atoms in total. The van der Waals surface area contributed by atoms with Gasteiger partial charge in [0.05, 0.1) is 6.42 Å². The molecule has 1 amide bonds. The summed E-state index contributed by atoms with van der Waals surface area (Å²) in [7, 11) is 0. The van der Waals surface area contributed by atoms with Gasteiger partial charge in [-0.05, 0) is 24.6 Å². The molecule has 1 fully saturated rings. The SMILES string of the molecule is Cc1ccc(C(=O)N2CC(CC(=O)O)C2)cc1Cl. The van der Waals surface area contributed by atoms with E-state index >= 15 is 0 Å². The third kappa shape index (κ3) is 2.64. The van der Waals surface area contributed by atoms with Crippen LogP contribution in [0.1, 0.15) is 22.3 Å². The van der Waals surface area contributed by atoms with Crippen molar-refractivity contribution in [2.75, 3.05) is 13.1 Å².